The molecule has 1 saturated carbocycles. The van der Waals surface area contributed by atoms with Gasteiger partial charge in [-0.1, -0.05) is 38.8 Å². The van der Waals surface area contributed by atoms with Crippen LogP contribution in [0, 0.1) is 5.41 Å². The van der Waals surface area contributed by atoms with E-state index >= 15 is 0 Å². The van der Waals surface area contributed by atoms with Crippen molar-refractivity contribution in [2.45, 2.75) is 65.0 Å². The Hall–Kier alpha value is -0.770. The van der Waals surface area contributed by atoms with Gasteiger partial charge in [-0.2, -0.15) is 0 Å². The summed E-state index contributed by atoms with van der Waals surface area (Å²) in [5.41, 5.74) is 5.98. The minimum atomic E-state index is -0.00706. The second-order valence-electron chi connectivity index (χ2n) is 5.44. The molecule has 0 bridgehead atoms. The molecule has 16 heavy (non-hydrogen) atoms. The summed E-state index contributed by atoms with van der Waals surface area (Å²) in [5.74, 6) is 0.295. The first kappa shape index (κ1) is 13.3. The summed E-state index contributed by atoms with van der Waals surface area (Å²) in [6, 6.07) is 0.457. The molecule has 1 aliphatic rings. The van der Waals surface area contributed by atoms with Crippen molar-refractivity contribution in [3.8, 4) is 0 Å². The Morgan fingerprint density at radius 1 is 1.56 bits per heavy atom. The Morgan fingerprint density at radius 3 is 2.75 bits per heavy atom. The van der Waals surface area contributed by atoms with E-state index in [2.05, 4.69) is 24.3 Å². The second-order valence-corrected chi connectivity index (χ2v) is 5.44. The number of nitrogens with zero attached hydrogens (tertiary/aromatic N) is 1. The maximum atomic E-state index is 8.72. The number of amidine groups is 1. The van der Waals surface area contributed by atoms with E-state index in [4.69, 9.17) is 10.9 Å². The van der Waals surface area contributed by atoms with Gasteiger partial charge >= 0.3 is 0 Å². The molecular formula is C12H25N3O. The maximum absolute atomic E-state index is 8.72. The lowest BCUT2D eigenvalue weighted by Crippen LogP contribution is -2.52. The molecule has 0 spiro atoms. The molecule has 94 valence electrons. The Bertz CT molecular complexity index is 251. The molecule has 0 aromatic rings. The molecule has 4 N–H and O–H groups in total. The van der Waals surface area contributed by atoms with Gasteiger partial charge in [-0.25, -0.2) is 0 Å². The largest absolute Gasteiger partial charge is 0.409 e. The topological polar surface area (TPSA) is 70.6 Å². The van der Waals surface area contributed by atoms with E-state index in [1.54, 1.807) is 0 Å². The minimum Gasteiger partial charge on any atom is -0.409 e. The molecular weight excluding hydrogens is 202 g/mol. The summed E-state index contributed by atoms with van der Waals surface area (Å²) in [6.07, 6.45) is 5.86. The fraction of sp³-hybridized carbons (Fsp3) is 0.917. The monoisotopic (exact) mass is 227 g/mol. The molecule has 2 atom stereocenters. The quantitative estimate of drug-likeness (QED) is 0.298. The van der Waals surface area contributed by atoms with Gasteiger partial charge in [0, 0.05) is 6.04 Å². The summed E-state index contributed by atoms with van der Waals surface area (Å²) < 4.78 is 0. The average molecular weight is 227 g/mol. The Kier molecular flexibility index (Phi) is 4.59. The van der Waals surface area contributed by atoms with Crippen molar-refractivity contribution >= 4 is 5.84 Å². The van der Waals surface area contributed by atoms with Gasteiger partial charge in [-0.15, -0.1) is 0 Å². The fourth-order valence-electron chi connectivity index (χ4n) is 2.53. The smallest absolute Gasteiger partial charge is 0.156 e. The van der Waals surface area contributed by atoms with Gasteiger partial charge in [0.1, 0.15) is 0 Å². The Balaban J connectivity index is 2.63. The number of oxime groups is 1. The Labute approximate surface area is 98.3 Å². The van der Waals surface area contributed by atoms with Crippen molar-refractivity contribution < 1.29 is 5.21 Å². The third kappa shape index (κ3) is 3.11. The highest BCUT2D eigenvalue weighted by Gasteiger charge is 2.33. The normalized spacial score (nSPS) is 27.7. The minimum absolute atomic E-state index is 0.00706. The van der Waals surface area contributed by atoms with Crippen LogP contribution in [0.25, 0.3) is 0 Å². The number of hydrogen-bond acceptors (Lipinski definition) is 3. The van der Waals surface area contributed by atoms with Gasteiger partial charge < -0.3 is 16.3 Å². The van der Waals surface area contributed by atoms with E-state index < -0.39 is 0 Å². The van der Waals surface area contributed by atoms with E-state index in [1.807, 2.05) is 6.92 Å². The highest BCUT2D eigenvalue weighted by atomic mass is 16.4. The number of nitrogens with one attached hydrogen (secondary N) is 1. The lowest BCUT2D eigenvalue weighted by Gasteiger charge is -2.41. The highest BCUT2D eigenvalue weighted by molar-refractivity contribution is 5.85. The standard InChI is InChI=1S/C12H25N3O/c1-4-9(11(13)15-16)14-10-7-5-6-8-12(10,2)3/h9-10,14,16H,4-8H2,1-3H3,(H2,13,15). The molecule has 4 nitrogen and oxygen atoms in total. The van der Waals surface area contributed by atoms with E-state index in [0.29, 0.717) is 17.3 Å². The van der Waals surface area contributed by atoms with Crippen molar-refractivity contribution in [3.63, 3.8) is 0 Å². The van der Waals surface area contributed by atoms with Gasteiger partial charge in [-0.3, -0.25) is 0 Å². The first-order valence-corrected chi connectivity index (χ1v) is 6.24. The molecule has 0 amide bonds. The van der Waals surface area contributed by atoms with Crippen molar-refractivity contribution in [1.82, 2.24) is 5.32 Å². The van der Waals surface area contributed by atoms with Crippen LogP contribution < -0.4 is 11.1 Å². The summed E-state index contributed by atoms with van der Waals surface area (Å²) in [7, 11) is 0. The SMILES string of the molecule is CCC(NC1CCCCC1(C)C)C(N)=NO. The van der Waals surface area contributed by atoms with E-state index in [9.17, 15) is 0 Å². The van der Waals surface area contributed by atoms with Gasteiger partial charge in [0.2, 0.25) is 0 Å². The van der Waals surface area contributed by atoms with E-state index in [1.165, 1.54) is 25.7 Å². The summed E-state index contributed by atoms with van der Waals surface area (Å²) in [6.45, 7) is 6.64. The van der Waals surface area contributed by atoms with E-state index in [-0.39, 0.29) is 6.04 Å². The van der Waals surface area contributed by atoms with Gasteiger partial charge in [-0.05, 0) is 24.7 Å². The lowest BCUT2D eigenvalue weighted by molar-refractivity contribution is 0.161. The molecule has 0 heterocycles. The molecule has 1 rings (SSSR count). The summed E-state index contributed by atoms with van der Waals surface area (Å²) in [4.78, 5) is 0. The second kappa shape index (κ2) is 5.53. The number of hydrogen-bond donors (Lipinski definition) is 3. The molecule has 0 aromatic carbocycles. The van der Waals surface area contributed by atoms with Crippen LogP contribution in [0.2, 0.25) is 0 Å². The van der Waals surface area contributed by atoms with Gasteiger partial charge in [0.15, 0.2) is 5.84 Å². The highest BCUT2D eigenvalue weighted by Crippen LogP contribution is 2.35. The third-order valence-electron chi connectivity index (χ3n) is 3.79. The van der Waals surface area contributed by atoms with Crippen molar-refractivity contribution in [2.24, 2.45) is 16.3 Å². The zero-order valence-corrected chi connectivity index (χ0v) is 10.7. The van der Waals surface area contributed by atoms with Gasteiger partial charge in [0.05, 0.1) is 6.04 Å². The van der Waals surface area contributed by atoms with Crippen LogP contribution in [-0.2, 0) is 0 Å². The van der Waals surface area contributed by atoms with E-state index in [0.717, 1.165) is 6.42 Å². The van der Waals surface area contributed by atoms with Crippen molar-refractivity contribution in [2.75, 3.05) is 0 Å². The molecule has 2 unspecified atom stereocenters. The van der Waals surface area contributed by atoms with Crippen molar-refractivity contribution in [3.05, 3.63) is 0 Å². The Morgan fingerprint density at radius 2 is 2.25 bits per heavy atom. The predicted molar refractivity (Wildman–Crippen MR) is 66.7 cm³/mol. The third-order valence-corrected chi connectivity index (χ3v) is 3.79. The van der Waals surface area contributed by atoms with Gasteiger partial charge in [0.25, 0.3) is 0 Å². The van der Waals surface area contributed by atoms with Crippen LogP contribution in [0.5, 0.6) is 0 Å². The predicted octanol–water partition coefficient (Wildman–Crippen LogP) is 2.07. The van der Waals surface area contributed by atoms with Crippen LogP contribution in [0.1, 0.15) is 52.9 Å². The van der Waals surface area contributed by atoms with Crippen LogP contribution in [-0.4, -0.2) is 23.1 Å². The lowest BCUT2D eigenvalue weighted by atomic mass is 9.73. The summed E-state index contributed by atoms with van der Waals surface area (Å²) >= 11 is 0. The molecule has 1 fully saturated rings. The zero-order valence-electron chi connectivity index (χ0n) is 10.7. The number of nitrogens with two attached hydrogens (primary N) is 1. The first-order chi connectivity index (χ1) is 7.51. The number of rotatable bonds is 4. The molecule has 0 aliphatic heterocycles. The molecule has 4 heteroatoms. The molecule has 0 radical (unpaired) electrons. The molecule has 0 aromatic heterocycles. The fourth-order valence-corrected chi connectivity index (χ4v) is 2.53. The molecule has 1 aliphatic carbocycles. The zero-order chi connectivity index (χ0) is 12.2. The van der Waals surface area contributed by atoms with Crippen LogP contribution in [0.15, 0.2) is 5.16 Å². The first-order valence-electron chi connectivity index (χ1n) is 6.24. The van der Waals surface area contributed by atoms with Crippen LogP contribution >= 0.6 is 0 Å². The molecule has 0 saturated heterocycles. The van der Waals surface area contributed by atoms with Crippen molar-refractivity contribution in [1.29, 1.82) is 0 Å². The maximum Gasteiger partial charge on any atom is 0.156 e. The summed E-state index contributed by atoms with van der Waals surface area (Å²) in [5, 5.41) is 15.4. The average Bonchev–Trinajstić information content (AvgIpc) is 2.26. The van der Waals surface area contributed by atoms with Crippen LogP contribution in [0.4, 0.5) is 0 Å². The van der Waals surface area contributed by atoms with Crippen LogP contribution in [0.3, 0.4) is 0 Å².